The summed E-state index contributed by atoms with van der Waals surface area (Å²) in [7, 11) is -3.45. The van der Waals surface area contributed by atoms with Gasteiger partial charge in [0, 0.05) is 30.7 Å². The van der Waals surface area contributed by atoms with Crippen LogP contribution in [0.2, 0.25) is 0 Å². The number of nitrogens with zero attached hydrogens (tertiary/aromatic N) is 3. The minimum Gasteiger partial charge on any atom is -0.373 e. The van der Waals surface area contributed by atoms with Crippen LogP contribution < -0.4 is 5.32 Å². The fourth-order valence-electron chi connectivity index (χ4n) is 3.55. The van der Waals surface area contributed by atoms with Gasteiger partial charge in [-0.3, -0.25) is 4.79 Å². The molecule has 154 valence electrons. The van der Waals surface area contributed by atoms with Gasteiger partial charge in [-0.1, -0.05) is 0 Å². The lowest BCUT2D eigenvalue weighted by molar-refractivity contribution is -0.0440. The predicted molar refractivity (Wildman–Crippen MR) is 109 cm³/mol. The fraction of sp³-hybridized carbons (Fsp3) is 0.611. The Morgan fingerprint density at radius 2 is 1.86 bits per heavy atom. The summed E-state index contributed by atoms with van der Waals surface area (Å²) < 4.78 is 32.2. The molecule has 1 N–H and O–H groups in total. The molecule has 1 aliphatic heterocycles. The first-order valence-corrected chi connectivity index (χ1v) is 11.7. The fourth-order valence-corrected chi connectivity index (χ4v) is 6.24. The van der Waals surface area contributed by atoms with Gasteiger partial charge in [-0.2, -0.15) is 4.31 Å². The number of hydrogen-bond acceptors (Lipinski definition) is 7. The van der Waals surface area contributed by atoms with Crippen molar-refractivity contribution < 1.29 is 17.9 Å². The van der Waals surface area contributed by atoms with Crippen LogP contribution in [0.4, 0.5) is 0 Å². The van der Waals surface area contributed by atoms with Gasteiger partial charge in [0.2, 0.25) is 10.0 Å². The summed E-state index contributed by atoms with van der Waals surface area (Å²) in [6, 6.07) is 0. The molecule has 2 aromatic heterocycles. The smallest absolute Gasteiger partial charge is 0.261 e. The van der Waals surface area contributed by atoms with E-state index in [1.807, 2.05) is 34.6 Å². The summed E-state index contributed by atoms with van der Waals surface area (Å²) in [5.74, 6) is 0.245. The van der Waals surface area contributed by atoms with Gasteiger partial charge < -0.3 is 10.1 Å². The second-order valence-electron chi connectivity index (χ2n) is 7.24. The van der Waals surface area contributed by atoms with Crippen LogP contribution in [0.3, 0.4) is 0 Å². The zero-order chi connectivity index (χ0) is 20.6. The number of fused-ring (bicyclic) bond motifs is 1. The van der Waals surface area contributed by atoms with Crippen molar-refractivity contribution >= 4 is 37.5 Å². The monoisotopic (exact) mass is 426 g/mol. The summed E-state index contributed by atoms with van der Waals surface area (Å²) in [5.41, 5.74) is 1.67. The lowest BCUT2D eigenvalue weighted by Gasteiger charge is -2.34. The highest BCUT2D eigenvalue weighted by Crippen LogP contribution is 2.31. The van der Waals surface area contributed by atoms with E-state index in [0.717, 1.165) is 21.5 Å². The zero-order valence-corrected chi connectivity index (χ0v) is 18.4. The molecule has 1 saturated heterocycles. The molecule has 1 aliphatic rings. The van der Waals surface area contributed by atoms with E-state index >= 15 is 0 Å². The second kappa shape index (κ2) is 8.02. The van der Waals surface area contributed by atoms with Crippen molar-refractivity contribution in [2.75, 3.05) is 25.4 Å². The Morgan fingerprint density at radius 1 is 1.21 bits per heavy atom. The third-order valence-electron chi connectivity index (χ3n) is 4.71. The Hall–Kier alpha value is -1.62. The third-order valence-corrected chi connectivity index (χ3v) is 7.70. The van der Waals surface area contributed by atoms with Crippen LogP contribution in [0.15, 0.2) is 0 Å². The molecule has 1 amide bonds. The molecule has 8 nitrogen and oxygen atoms in total. The van der Waals surface area contributed by atoms with Crippen LogP contribution in [0.5, 0.6) is 0 Å². The second-order valence-corrected chi connectivity index (χ2v) is 10.3. The summed E-state index contributed by atoms with van der Waals surface area (Å²) in [6.07, 6.45) is -0.274. The molecule has 0 unspecified atom stereocenters. The van der Waals surface area contributed by atoms with Gasteiger partial charge >= 0.3 is 0 Å². The minimum absolute atomic E-state index is 0.0542. The van der Waals surface area contributed by atoms with Crippen LogP contribution in [0, 0.1) is 20.8 Å². The summed E-state index contributed by atoms with van der Waals surface area (Å²) >= 11 is 1.31. The van der Waals surface area contributed by atoms with Gasteiger partial charge in [0.1, 0.15) is 10.7 Å². The first kappa shape index (κ1) is 21.1. The SMILES string of the molecule is Cc1nc(C)c2c(C)c(C(=O)NCCS(=O)(=O)N3C[C@H](C)O[C@@H](C)C3)sc2n1. The van der Waals surface area contributed by atoms with Crippen LogP contribution in [0.25, 0.3) is 10.2 Å². The Kier molecular flexibility index (Phi) is 6.04. The molecule has 28 heavy (non-hydrogen) atoms. The maximum atomic E-state index is 12.6. The van der Waals surface area contributed by atoms with E-state index in [0.29, 0.717) is 23.8 Å². The molecule has 2 atom stereocenters. The molecule has 0 spiro atoms. The standard InChI is InChI=1S/C18H26N4O4S2/c1-10-8-22(9-11(2)26-10)28(24,25)7-6-19-17(23)16-12(3)15-13(4)20-14(5)21-18(15)27-16/h10-11H,6-9H2,1-5H3,(H,19,23)/t10-,11-/m0/s1. The first-order valence-electron chi connectivity index (χ1n) is 9.24. The van der Waals surface area contributed by atoms with Crippen molar-refractivity contribution in [3.8, 4) is 0 Å². The molecule has 0 bridgehead atoms. The lowest BCUT2D eigenvalue weighted by atomic mass is 10.1. The van der Waals surface area contributed by atoms with E-state index in [2.05, 4.69) is 15.3 Å². The van der Waals surface area contributed by atoms with E-state index in [1.54, 1.807) is 0 Å². The highest BCUT2D eigenvalue weighted by Gasteiger charge is 2.30. The van der Waals surface area contributed by atoms with E-state index in [1.165, 1.54) is 15.6 Å². The number of sulfonamides is 1. The van der Waals surface area contributed by atoms with Crippen molar-refractivity contribution in [3.05, 3.63) is 22.0 Å². The van der Waals surface area contributed by atoms with E-state index < -0.39 is 10.0 Å². The maximum absolute atomic E-state index is 12.6. The highest BCUT2D eigenvalue weighted by molar-refractivity contribution is 7.89. The number of aryl methyl sites for hydroxylation is 3. The molecule has 2 aromatic rings. The average molecular weight is 427 g/mol. The Labute approximate surface area is 169 Å². The average Bonchev–Trinajstić information content (AvgIpc) is 2.90. The number of morpholine rings is 1. The van der Waals surface area contributed by atoms with Crippen LogP contribution in [-0.2, 0) is 14.8 Å². The summed E-state index contributed by atoms with van der Waals surface area (Å²) in [6.45, 7) is 10.0. The molecule has 0 radical (unpaired) electrons. The maximum Gasteiger partial charge on any atom is 0.261 e. The number of rotatable bonds is 5. The molecular weight excluding hydrogens is 400 g/mol. The Balaban J connectivity index is 1.67. The number of amides is 1. The van der Waals surface area contributed by atoms with E-state index in [4.69, 9.17) is 4.74 Å². The normalized spacial score (nSPS) is 21.2. The minimum atomic E-state index is -3.45. The summed E-state index contributed by atoms with van der Waals surface area (Å²) in [4.78, 5) is 22.7. The molecule has 10 heteroatoms. The van der Waals surface area contributed by atoms with Crippen molar-refractivity contribution in [3.63, 3.8) is 0 Å². The number of carbonyl (C=O) groups is 1. The Bertz CT molecular complexity index is 993. The third kappa shape index (κ3) is 4.35. The van der Waals surface area contributed by atoms with Crippen LogP contribution in [-0.4, -0.2) is 66.2 Å². The summed E-state index contributed by atoms with van der Waals surface area (Å²) in [5, 5.41) is 3.63. The predicted octanol–water partition coefficient (Wildman–Crippen LogP) is 1.79. The van der Waals surface area contributed by atoms with Gasteiger partial charge in [0.15, 0.2) is 0 Å². The molecular formula is C18H26N4O4S2. The number of ether oxygens (including phenoxy) is 1. The van der Waals surface area contributed by atoms with Crippen molar-refractivity contribution in [1.29, 1.82) is 0 Å². The number of thiophene rings is 1. The molecule has 3 heterocycles. The number of carbonyl (C=O) groups excluding carboxylic acids is 1. The van der Waals surface area contributed by atoms with E-state index in [9.17, 15) is 13.2 Å². The topological polar surface area (TPSA) is 101 Å². The van der Waals surface area contributed by atoms with Gasteiger partial charge in [0.05, 0.1) is 22.8 Å². The van der Waals surface area contributed by atoms with Gasteiger partial charge in [0.25, 0.3) is 5.91 Å². The van der Waals surface area contributed by atoms with Crippen molar-refractivity contribution in [1.82, 2.24) is 19.6 Å². The Morgan fingerprint density at radius 3 is 2.50 bits per heavy atom. The number of nitrogens with one attached hydrogen (secondary N) is 1. The van der Waals surface area contributed by atoms with Gasteiger partial charge in [-0.15, -0.1) is 11.3 Å². The van der Waals surface area contributed by atoms with Crippen molar-refractivity contribution in [2.24, 2.45) is 0 Å². The quantitative estimate of drug-likeness (QED) is 0.782. The van der Waals surface area contributed by atoms with Crippen molar-refractivity contribution in [2.45, 2.75) is 46.8 Å². The number of aromatic nitrogens is 2. The largest absolute Gasteiger partial charge is 0.373 e. The molecule has 0 saturated carbocycles. The van der Waals surface area contributed by atoms with Gasteiger partial charge in [-0.05, 0) is 40.2 Å². The first-order chi connectivity index (χ1) is 13.1. The molecule has 3 rings (SSSR count). The molecule has 1 fully saturated rings. The highest BCUT2D eigenvalue weighted by atomic mass is 32.2. The molecule has 0 aromatic carbocycles. The van der Waals surface area contributed by atoms with E-state index in [-0.39, 0.29) is 30.4 Å². The van der Waals surface area contributed by atoms with Crippen LogP contribution in [0.1, 0.15) is 40.6 Å². The number of hydrogen-bond donors (Lipinski definition) is 1. The lowest BCUT2D eigenvalue weighted by Crippen LogP contribution is -2.49. The van der Waals surface area contributed by atoms with Gasteiger partial charge in [-0.25, -0.2) is 18.4 Å². The van der Waals surface area contributed by atoms with Crippen LogP contribution >= 0.6 is 11.3 Å². The zero-order valence-electron chi connectivity index (χ0n) is 16.8. The molecule has 0 aliphatic carbocycles.